The molecule has 0 N–H and O–H groups in total. The second kappa shape index (κ2) is 5.39. The summed E-state index contributed by atoms with van der Waals surface area (Å²) in [4.78, 5) is 2.25. The zero-order valence-corrected chi connectivity index (χ0v) is 10.3. The van der Waals surface area contributed by atoms with E-state index in [-0.39, 0.29) is 0 Å². The number of rotatable bonds is 4. The molecule has 0 aliphatic heterocycles. The zero-order chi connectivity index (χ0) is 12.1. The molecule has 0 heterocycles. The molecule has 0 saturated heterocycles. The fraction of sp³-hybridized carbons (Fsp3) is 0.200. The zero-order valence-electron chi connectivity index (χ0n) is 10.3. The van der Waals surface area contributed by atoms with Gasteiger partial charge in [0.25, 0.3) is 0 Å². The van der Waals surface area contributed by atoms with Crippen molar-refractivity contribution in [3.05, 3.63) is 54.6 Å². The Hall–Kier alpha value is -1.96. The van der Waals surface area contributed by atoms with Crippen molar-refractivity contribution in [2.75, 3.05) is 18.6 Å². The van der Waals surface area contributed by atoms with Gasteiger partial charge in [0.1, 0.15) is 5.75 Å². The fourth-order valence-electron chi connectivity index (χ4n) is 1.90. The van der Waals surface area contributed by atoms with Gasteiger partial charge in [0.2, 0.25) is 0 Å². The van der Waals surface area contributed by atoms with Crippen LogP contribution in [0.4, 0.5) is 11.4 Å². The van der Waals surface area contributed by atoms with Crippen LogP contribution in [0.15, 0.2) is 54.6 Å². The summed E-state index contributed by atoms with van der Waals surface area (Å²) in [6.45, 7) is 3.07. The predicted octanol–water partition coefficient (Wildman–Crippen LogP) is 3.85. The summed E-state index contributed by atoms with van der Waals surface area (Å²) in [6, 6.07) is 18.5. The predicted molar refractivity (Wildman–Crippen MR) is 72.1 cm³/mol. The lowest BCUT2D eigenvalue weighted by molar-refractivity contribution is 0.415. The van der Waals surface area contributed by atoms with E-state index in [4.69, 9.17) is 4.74 Å². The number of para-hydroxylation sites is 1. The second-order valence-corrected chi connectivity index (χ2v) is 3.78. The third kappa shape index (κ3) is 2.59. The van der Waals surface area contributed by atoms with Crippen molar-refractivity contribution in [3.63, 3.8) is 0 Å². The van der Waals surface area contributed by atoms with E-state index in [2.05, 4.69) is 48.2 Å². The number of methoxy groups -OCH3 is 1. The van der Waals surface area contributed by atoms with Gasteiger partial charge in [0, 0.05) is 24.0 Å². The van der Waals surface area contributed by atoms with Crippen molar-refractivity contribution in [2.24, 2.45) is 0 Å². The Morgan fingerprint density at radius 3 is 2.29 bits per heavy atom. The van der Waals surface area contributed by atoms with Crippen molar-refractivity contribution in [2.45, 2.75) is 6.92 Å². The Morgan fingerprint density at radius 2 is 1.65 bits per heavy atom. The molecule has 88 valence electrons. The van der Waals surface area contributed by atoms with Crippen molar-refractivity contribution in [1.29, 1.82) is 0 Å². The minimum absolute atomic E-state index is 0.886. The first-order valence-corrected chi connectivity index (χ1v) is 5.81. The Morgan fingerprint density at radius 1 is 0.941 bits per heavy atom. The fourth-order valence-corrected chi connectivity index (χ4v) is 1.90. The molecule has 0 aliphatic carbocycles. The molecule has 0 amide bonds. The molecule has 0 radical (unpaired) electrons. The largest absolute Gasteiger partial charge is 0.497 e. The monoisotopic (exact) mass is 227 g/mol. The van der Waals surface area contributed by atoms with Gasteiger partial charge in [0.15, 0.2) is 0 Å². The summed E-state index contributed by atoms with van der Waals surface area (Å²) in [7, 11) is 1.69. The van der Waals surface area contributed by atoms with Crippen LogP contribution in [0.2, 0.25) is 0 Å². The van der Waals surface area contributed by atoms with Crippen LogP contribution in [0, 0.1) is 0 Å². The molecule has 2 aromatic rings. The number of hydrogen-bond donors (Lipinski definition) is 0. The molecule has 2 aromatic carbocycles. The number of nitrogens with zero attached hydrogens (tertiary/aromatic N) is 1. The van der Waals surface area contributed by atoms with Gasteiger partial charge < -0.3 is 9.64 Å². The second-order valence-electron chi connectivity index (χ2n) is 3.78. The molecule has 0 aliphatic rings. The van der Waals surface area contributed by atoms with Gasteiger partial charge in [-0.15, -0.1) is 0 Å². The third-order valence-corrected chi connectivity index (χ3v) is 2.75. The number of ether oxygens (including phenoxy) is 1. The molecule has 0 saturated carbocycles. The molecule has 2 heteroatoms. The smallest absolute Gasteiger partial charge is 0.120 e. The Kier molecular flexibility index (Phi) is 3.66. The molecule has 0 aromatic heterocycles. The molecular weight excluding hydrogens is 210 g/mol. The maximum absolute atomic E-state index is 5.26. The lowest BCUT2D eigenvalue weighted by atomic mass is 10.2. The Labute approximate surface area is 102 Å². The lowest BCUT2D eigenvalue weighted by Crippen LogP contribution is -2.15. The third-order valence-electron chi connectivity index (χ3n) is 2.75. The van der Waals surface area contributed by atoms with Gasteiger partial charge in [-0.3, -0.25) is 0 Å². The molecule has 0 spiro atoms. The van der Waals surface area contributed by atoms with Gasteiger partial charge in [0.05, 0.1) is 7.11 Å². The van der Waals surface area contributed by atoms with E-state index in [0.29, 0.717) is 0 Å². The minimum atomic E-state index is 0.886. The summed E-state index contributed by atoms with van der Waals surface area (Å²) < 4.78 is 5.26. The van der Waals surface area contributed by atoms with Crippen LogP contribution in [-0.4, -0.2) is 13.7 Å². The van der Waals surface area contributed by atoms with E-state index in [9.17, 15) is 0 Å². The SMILES string of the molecule is CCN(c1ccccc1)c1cccc(OC)c1. The molecule has 0 atom stereocenters. The first-order chi connectivity index (χ1) is 8.35. The van der Waals surface area contributed by atoms with Gasteiger partial charge >= 0.3 is 0 Å². The number of benzene rings is 2. The molecule has 0 bridgehead atoms. The van der Waals surface area contributed by atoms with Crippen LogP contribution in [0.5, 0.6) is 5.75 Å². The quantitative estimate of drug-likeness (QED) is 0.786. The highest BCUT2D eigenvalue weighted by atomic mass is 16.5. The topological polar surface area (TPSA) is 12.5 Å². The summed E-state index contributed by atoms with van der Waals surface area (Å²) in [5, 5.41) is 0. The van der Waals surface area contributed by atoms with Crippen molar-refractivity contribution in [1.82, 2.24) is 0 Å². The summed E-state index contributed by atoms with van der Waals surface area (Å²) in [6.07, 6.45) is 0. The average Bonchev–Trinajstić information content (AvgIpc) is 2.41. The van der Waals surface area contributed by atoms with Crippen LogP contribution < -0.4 is 9.64 Å². The van der Waals surface area contributed by atoms with E-state index in [0.717, 1.165) is 18.0 Å². The number of anilines is 2. The normalized spacial score (nSPS) is 10.0. The first kappa shape index (κ1) is 11.5. The first-order valence-electron chi connectivity index (χ1n) is 5.81. The summed E-state index contributed by atoms with van der Waals surface area (Å²) in [5.74, 6) is 0.886. The van der Waals surface area contributed by atoms with Crippen LogP contribution in [0.1, 0.15) is 6.92 Å². The van der Waals surface area contributed by atoms with Crippen LogP contribution >= 0.6 is 0 Å². The molecule has 0 fully saturated rings. The van der Waals surface area contributed by atoms with Gasteiger partial charge in [-0.2, -0.15) is 0 Å². The maximum atomic E-state index is 5.26. The van der Waals surface area contributed by atoms with Crippen molar-refractivity contribution < 1.29 is 4.74 Å². The molecular formula is C15H17NO. The molecule has 2 nitrogen and oxygen atoms in total. The highest BCUT2D eigenvalue weighted by Gasteiger charge is 2.06. The molecule has 17 heavy (non-hydrogen) atoms. The van der Waals surface area contributed by atoms with Gasteiger partial charge in [-0.05, 0) is 31.2 Å². The van der Waals surface area contributed by atoms with Crippen LogP contribution in [0.25, 0.3) is 0 Å². The lowest BCUT2D eigenvalue weighted by Gasteiger charge is -2.23. The average molecular weight is 227 g/mol. The van der Waals surface area contributed by atoms with E-state index >= 15 is 0 Å². The summed E-state index contributed by atoms with van der Waals surface area (Å²) >= 11 is 0. The van der Waals surface area contributed by atoms with Crippen LogP contribution in [-0.2, 0) is 0 Å². The molecule has 0 unspecified atom stereocenters. The van der Waals surface area contributed by atoms with Gasteiger partial charge in [-0.25, -0.2) is 0 Å². The van der Waals surface area contributed by atoms with Crippen LogP contribution in [0.3, 0.4) is 0 Å². The van der Waals surface area contributed by atoms with E-state index in [1.165, 1.54) is 5.69 Å². The van der Waals surface area contributed by atoms with E-state index in [1.54, 1.807) is 7.11 Å². The highest BCUT2D eigenvalue weighted by Crippen LogP contribution is 2.27. The minimum Gasteiger partial charge on any atom is -0.497 e. The Balaban J connectivity index is 2.35. The van der Waals surface area contributed by atoms with Gasteiger partial charge in [-0.1, -0.05) is 24.3 Å². The van der Waals surface area contributed by atoms with E-state index in [1.807, 2.05) is 18.2 Å². The van der Waals surface area contributed by atoms with Crippen molar-refractivity contribution >= 4 is 11.4 Å². The van der Waals surface area contributed by atoms with Crippen molar-refractivity contribution in [3.8, 4) is 5.75 Å². The van der Waals surface area contributed by atoms with E-state index < -0.39 is 0 Å². The Bertz CT molecular complexity index is 467. The summed E-state index contributed by atoms with van der Waals surface area (Å²) in [5.41, 5.74) is 2.35. The maximum Gasteiger partial charge on any atom is 0.120 e. The highest BCUT2D eigenvalue weighted by molar-refractivity contribution is 5.64. The molecule has 2 rings (SSSR count). The standard InChI is InChI=1S/C15H17NO/c1-3-16(13-8-5-4-6-9-13)14-10-7-11-15(12-14)17-2/h4-12H,3H2,1-2H3. The number of hydrogen-bond acceptors (Lipinski definition) is 2.